The van der Waals surface area contributed by atoms with Gasteiger partial charge in [0.15, 0.2) is 0 Å². The lowest BCUT2D eigenvalue weighted by Crippen LogP contribution is -2.24. The highest BCUT2D eigenvalue weighted by Gasteiger charge is 2.13. The molecule has 0 bridgehead atoms. The maximum atomic E-state index is 12.6. The van der Waals surface area contributed by atoms with E-state index in [1.54, 1.807) is 0 Å². The lowest BCUT2D eigenvalue weighted by atomic mass is 9.98. The van der Waals surface area contributed by atoms with Gasteiger partial charge in [-0.3, -0.25) is 4.79 Å². The van der Waals surface area contributed by atoms with Gasteiger partial charge in [-0.15, -0.1) is 0 Å². The minimum absolute atomic E-state index is 0.0866. The number of hydrogen-bond donors (Lipinski definition) is 1. The van der Waals surface area contributed by atoms with Crippen molar-refractivity contribution in [3.8, 4) is 0 Å². The summed E-state index contributed by atoms with van der Waals surface area (Å²) in [5, 5.41) is 3.03. The van der Waals surface area contributed by atoms with Crippen LogP contribution in [0.5, 0.6) is 0 Å². The highest BCUT2D eigenvalue weighted by Crippen LogP contribution is 2.21. The van der Waals surface area contributed by atoms with Crippen molar-refractivity contribution in [1.82, 2.24) is 14.9 Å². The summed E-state index contributed by atoms with van der Waals surface area (Å²) < 4.78 is 2.20. The quantitative estimate of drug-likeness (QED) is 0.415. The number of fused-ring (bicyclic) bond motifs is 1. The zero-order chi connectivity index (χ0) is 21.8. The Morgan fingerprint density at radius 2 is 1.71 bits per heavy atom. The van der Waals surface area contributed by atoms with Crippen molar-refractivity contribution in [3.05, 3.63) is 101 Å². The fraction of sp³-hybridized carbons (Fsp3) is 0.259. The van der Waals surface area contributed by atoms with E-state index in [2.05, 4.69) is 54.1 Å². The molecule has 4 aromatic rings. The molecule has 158 valence electrons. The van der Waals surface area contributed by atoms with E-state index in [4.69, 9.17) is 4.98 Å². The van der Waals surface area contributed by atoms with E-state index < -0.39 is 0 Å². The number of carbonyl (C=O) groups is 1. The first kappa shape index (κ1) is 20.9. The summed E-state index contributed by atoms with van der Waals surface area (Å²) >= 11 is 0. The van der Waals surface area contributed by atoms with Gasteiger partial charge in [0, 0.05) is 12.1 Å². The van der Waals surface area contributed by atoms with Crippen LogP contribution >= 0.6 is 0 Å². The van der Waals surface area contributed by atoms with Crippen LogP contribution in [0.4, 0.5) is 0 Å². The molecule has 1 N–H and O–H groups in total. The lowest BCUT2D eigenvalue weighted by molar-refractivity contribution is 0.0949. The summed E-state index contributed by atoms with van der Waals surface area (Å²) in [4.78, 5) is 17.4. The van der Waals surface area contributed by atoms with Crippen LogP contribution in [0.2, 0.25) is 0 Å². The van der Waals surface area contributed by atoms with Gasteiger partial charge in [0.05, 0.1) is 17.6 Å². The zero-order valence-electron chi connectivity index (χ0n) is 18.4. The Balaban J connectivity index is 1.57. The number of rotatable bonds is 7. The Bertz CT molecular complexity index is 1170. The Labute approximate surface area is 183 Å². The van der Waals surface area contributed by atoms with Crippen LogP contribution in [0.25, 0.3) is 11.0 Å². The first-order chi connectivity index (χ1) is 15.0. The van der Waals surface area contributed by atoms with Gasteiger partial charge in [-0.05, 0) is 54.7 Å². The Kier molecular flexibility index (Phi) is 6.17. The summed E-state index contributed by atoms with van der Waals surface area (Å²) in [7, 11) is 0. The molecule has 0 saturated carbocycles. The highest BCUT2D eigenvalue weighted by atomic mass is 16.1. The van der Waals surface area contributed by atoms with Crippen LogP contribution in [0.3, 0.4) is 0 Å². The van der Waals surface area contributed by atoms with Crippen LogP contribution in [0.15, 0.2) is 72.8 Å². The second kappa shape index (κ2) is 9.17. The summed E-state index contributed by atoms with van der Waals surface area (Å²) in [5.74, 6) is 1.33. The molecule has 4 heteroatoms. The highest BCUT2D eigenvalue weighted by molar-refractivity contribution is 5.94. The molecular weight excluding hydrogens is 382 g/mol. The van der Waals surface area contributed by atoms with Gasteiger partial charge >= 0.3 is 0 Å². The molecule has 3 aromatic carbocycles. The van der Waals surface area contributed by atoms with Crippen LogP contribution in [0.1, 0.15) is 59.1 Å². The fourth-order valence-electron chi connectivity index (χ4n) is 3.77. The van der Waals surface area contributed by atoms with Crippen LogP contribution < -0.4 is 5.32 Å². The van der Waals surface area contributed by atoms with Gasteiger partial charge in [0.1, 0.15) is 5.82 Å². The normalized spacial score (nSPS) is 12.1. The first-order valence-electron chi connectivity index (χ1n) is 10.9. The maximum absolute atomic E-state index is 12.6. The molecular formula is C27H29N3O. The molecule has 0 spiro atoms. The fourth-order valence-corrected chi connectivity index (χ4v) is 3.77. The number of benzene rings is 3. The molecule has 0 saturated heterocycles. The van der Waals surface area contributed by atoms with Gasteiger partial charge in [0.25, 0.3) is 5.91 Å². The molecule has 0 aliphatic carbocycles. The second-order valence-corrected chi connectivity index (χ2v) is 8.20. The van der Waals surface area contributed by atoms with Crippen molar-refractivity contribution in [1.29, 1.82) is 0 Å². The lowest BCUT2D eigenvalue weighted by Gasteiger charge is -2.13. The van der Waals surface area contributed by atoms with Gasteiger partial charge < -0.3 is 9.88 Å². The van der Waals surface area contributed by atoms with E-state index in [9.17, 15) is 4.79 Å². The number of carbonyl (C=O) groups excluding carboxylic acids is 1. The molecule has 0 aliphatic rings. The van der Waals surface area contributed by atoms with Gasteiger partial charge in [-0.25, -0.2) is 4.98 Å². The molecule has 4 nitrogen and oxygen atoms in total. The smallest absolute Gasteiger partial charge is 0.251 e. The Morgan fingerprint density at radius 3 is 2.42 bits per heavy atom. The Morgan fingerprint density at radius 1 is 1.00 bits per heavy atom. The van der Waals surface area contributed by atoms with Crippen molar-refractivity contribution in [2.24, 2.45) is 0 Å². The van der Waals surface area contributed by atoms with E-state index in [0.717, 1.165) is 35.4 Å². The number of aromatic nitrogens is 2. The van der Waals surface area contributed by atoms with E-state index in [1.807, 2.05) is 49.4 Å². The molecule has 1 atom stereocenters. The third kappa shape index (κ3) is 4.69. The molecule has 1 aromatic heterocycles. The molecule has 0 radical (unpaired) electrons. The van der Waals surface area contributed by atoms with Crippen LogP contribution in [-0.2, 0) is 13.1 Å². The average Bonchev–Trinajstić information content (AvgIpc) is 3.15. The number of hydrogen-bond acceptors (Lipinski definition) is 2. The van der Waals surface area contributed by atoms with Crippen molar-refractivity contribution in [2.75, 3.05) is 0 Å². The molecule has 1 heterocycles. The molecule has 1 amide bonds. The van der Waals surface area contributed by atoms with E-state index in [1.165, 1.54) is 11.1 Å². The third-order valence-electron chi connectivity index (χ3n) is 5.96. The number of nitrogens with zero attached hydrogens (tertiary/aromatic N) is 2. The maximum Gasteiger partial charge on any atom is 0.251 e. The van der Waals surface area contributed by atoms with E-state index >= 15 is 0 Å². The summed E-state index contributed by atoms with van der Waals surface area (Å²) in [5.41, 5.74) is 6.41. The minimum Gasteiger partial charge on any atom is -0.345 e. The van der Waals surface area contributed by atoms with E-state index in [-0.39, 0.29) is 5.91 Å². The number of aryl methyl sites for hydroxylation is 1. The Hall–Kier alpha value is -3.40. The second-order valence-electron chi connectivity index (χ2n) is 8.20. The third-order valence-corrected chi connectivity index (χ3v) is 5.96. The summed E-state index contributed by atoms with van der Waals surface area (Å²) in [6, 6.07) is 24.6. The summed E-state index contributed by atoms with van der Waals surface area (Å²) in [6.45, 7) is 7.59. The topological polar surface area (TPSA) is 46.9 Å². The van der Waals surface area contributed by atoms with Crippen molar-refractivity contribution in [2.45, 2.75) is 46.2 Å². The number of amides is 1. The number of nitrogens with one attached hydrogen (secondary N) is 1. The predicted octanol–water partition coefficient (Wildman–Crippen LogP) is 5.84. The number of para-hydroxylation sites is 2. The molecule has 0 fully saturated rings. The summed E-state index contributed by atoms with van der Waals surface area (Å²) in [6.07, 6.45) is 1.14. The average molecular weight is 412 g/mol. The largest absolute Gasteiger partial charge is 0.345 e. The van der Waals surface area contributed by atoms with Crippen molar-refractivity contribution >= 4 is 16.9 Å². The molecule has 0 aliphatic heterocycles. The molecule has 1 unspecified atom stereocenters. The number of imidazole rings is 1. The van der Waals surface area contributed by atoms with Gasteiger partial charge in [0.2, 0.25) is 0 Å². The van der Waals surface area contributed by atoms with E-state index in [0.29, 0.717) is 18.0 Å². The van der Waals surface area contributed by atoms with Gasteiger partial charge in [-0.2, -0.15) is 0 Å². The van der Waals surface area contributed by atoms with Crippen molar-refractivity contribution in [3.63, 3.8) is 0 Å². The predicted molar refractivity (Wildman–Crippen MR) is 126 cm³/mol. The minimum atomic E-state index is -0.0866. The standard InChI is InChI=1S/C27H29N3O/c1-4-20(3)22-15-11-21(12-16-22)18-30-25-8-6-5-7-24(25)29-26(30)17-28-27(31)23-13-9-19(2)10-14-23/h5-16,20H,4,17-18H2,1-3H3,(H,28,31). The van der Waals surface area contributed by atoms with Crippen LogP contribution in [0, 0.1) is 6.92 Å². The van der Waals surface area contributed by atoms with Crippen LogP contribution in [-0.4, -0.2) is 15.5 Å². The monoisotopic (exact) mass is 411 g/mol. The van der Waals surface area contributed by atoms with Crippen molar-refractivity contribution < 1.29 is 4.79 Å². The molecule has 4 rings (SSSR count). The molecule has 31 heavy (non-hydrogen) atoms. The zero-order valence-corrected chi connectivity index (χ0v) is 18.4. The SMILES string of the molecule is CCC(C)c1ccc(Cn2c(CNC(=O)c3ccc(C)cc3)nc3ccccc32)cc1. The first-order valence-corrected chi connectivity index (χ1v) is 10.9. The van der Waals surface area contributed by atoms with Gasteiger partial charge in [-0.1, -0.05) is 67.9 Å².